The van der Waals surface area contributed by atoms with Gasteiger partial charge in [-0.1, -0.05) is 79.2 Å². The Bertz CT molecular complexity index is 1160. The van der Waals surface area contributed by atoms with Crippen molar-refractivity contribution in [2.45, 2.75) is 31.6 Å². The number of oxazole rings is 1. The first-order chi connectivity index (χ1) is 15.7. The van der Waals surface area contributed by atoms with E-state index in [0.717, 1.165) is 59.7 Å². The second-order valence-electron chi connectivity index (χ2n) is 8.53. The van der Waals surface area contributed by atoms with E-state index in [1.165, 1.54) is 0 Å². The lowest BCUT2D eigenvalue weighted by molar-refractivity contribution is 0.1000. The number of hydrogen-bond donors (Lipinski definition) is 1. The third kappa shape index (κ3) is 4.09. The van der Waals surface area contributed by atoms with Gasteiger partial charge in [-0.25, -0.2) is 4.98 Å². The normalized spacial score (nSPS) is 18.0. The molecule has 32 heavy (non-hydrogen) atoms. The van der Waals surface area contributed by atoms with E-state index in [9.17, 15) is 4.79 Å². The summed E-state index contributed by atoms with van der Waals surface area (Å²) in [6.07, 6.45) is 4.21. The van der Waals surface area contributed by atoms with E-state index >= 15 is 0 Å². The summed E-state index contributed by atoms with van der Waals surface area (Å²) in [5, 5.41) is 0. The van der Waals surface area contributed by atoms with Crippen LogP contribution in [0.15, 0.2) is 89.3 Å². The van der Waals surface area contributed by atoms with Gasteiger partial charge >= 0.3 is 0 Å². The van der Waals surface area contributed by atoms with Gasteiger partial charge in [0.25, 0.3) is 0 Å². The molecule has 3 aromatic carbocycles. The van der Waals surface area contributed by atoms with E-state index < -0.39 is 0 Å². The van der Waals surface area contributed by atoms with Crippen molar-refractivity contribution < 1.29 is 9.21 Å². The van der Waals surface area contributed by atoms with Crippen LogP contribution in [0.25, 0.3) is 22.6 Å². The Balaban J connectivity index is 1.49. The molecule has 1 saturated carbocycles. The first-order valence-electron chi connectivity index (χ1n) is 11.2. The minimum Gasteiger partial charge on any atom is -0.440 e. The maximum atomic E-state index is 11.6. The molecule has 2 atom stereocenters. The molecular weight excluding hydrogens is 396 g/mol. The molecule has 1 aliphatic rings. The predicted molar refractivity (Wildman–Crippen MR) is 126 cm³/mol. The van der Waals surface area contributed by atoms with Gasteiger partial charge in [-0.3, -0.25) is 4.79 Å². The van der Waals surface area contributed by atoms with Crippen LogP contribution >= 0.6 is 0 Å². The van der Waals surface area contributed by atoms with Crippen LogP contribution < -0.4 is 5.73 Å². The van der Waals surface area contributed by atoms with Crippen molar-refractivity contribution in [1.82, 2.24) is 4.98 Å². The molecule has 1 aliphatic carbocycles. The number of benzene rings is 3. The van der Waals surface area contributed by atoms with Crippen LogP contribution in [-0.4, -0.2) is 10.9 Å². The van der Waals surface area contributed by atoms with Crippen molar-refractivity contribution in [3.05, 3.63) is 102 Å². The number of rotatable bonds is 6. The van der Waals surface area contributed by atoms with Crippen molar-refractivity contribution in [3.8, 4) is 22.6 Å². The quantitative estimate of drug-likeness (QED) is 0.400. The highest BCUT2D eigenvalue weighted by Crippen LogP contribution is 2.44. The molecule has 160 valence electrons. The second-order valence-corrected chi connectivity index (χ2v) is 8.53. The zero-order valence-electron chi connectivity index (χ0n) is 17.9. The van der Waals surface area contributed by atoms with Gasteiger partial charge < -0.3 is 10.2 Å². The first-order valence-corrected chi connectivity index (χ1v) is 11.2. The molecule has 0 bridgehead atoms. The van der Waals surface area contributed by atoms with Gasteiger partial charge in [0.1, 0.15) is 5.69 Å². The molecule has 4 heteroatoms. The Hall–Kier alpha value is -3.66. The fraction of sp³-hybridized carbons (Fsp3) is 0.214. The Kier molecular flexibility index (Phi) is 5.59. The van der Waals surface area contributed by atoms with E-state index in [1.807, 2.05) is 48.5 Å². The van der Waals surface area contributed by atoms with Crippen LogP contribution in [0, 0.1) is 5.92 Å². The van der Waals surface area contributed by atoms with Crippen molar-refractivity contribution >= 4 is 5.91 Å². The summed E-state index contributed by atoms with van der Waals surface area (Å²) in [6, 6.07) is 28.1. The number of carbonyl (C=O) groups is 1. The summed E-state index contributed by atoms with van der Waals surface area (Å²) in [4.78, 5) is 16.6. The minimum absolute atomic E-state index is 0.257. The highest BCUT2D eigenvalue weighted by molar-refractivity contribution is 5.92. The lowest BCUT2D eigenvalue weighted by Crippen LogP contribution is -2.13. The average molecular weight is 423 g/mol. The Morgan fingerprint density at radius 1 is 0.906 bits per heavy atom. The van der Waals surface area contributed by atoms with Gasteiger partial charge in [0.2, 0.25) is 5.91 Å². The molecule has 5 rings (SSSR count). The number of nitrogens with zero attached hydrogens (tertiary/aromatic N) is 1. The van der Waals surface area contributed by atoms with Crippen molar-refractivity contribution in [3.63, 3.8) is 0 Å². The smallest absolute Gasteiger partial charge is 0.248 e. The highest BCUT2D eigenvalue weighted by Gasteiger charge is 2.33. The highest BCUT2D eigenvalue weighted by atomic mass is 16.4. The average Bonchev–Trinajstić information content (AvgIpc) is 3.47. The molecule has 1 amide bonds. The summed E-state index contributed by atoms with van der Waals surface area (Å²) in [7, 11) is 0. The molecule has 1 heterocycles. The molecule has 4 aromatic rings. The molecule has 0 spiro atoms. The molecule has 2 N–H and O–H groups in total. The molecule has 0 aliphatic heterocycles. The maximum absolute atomic E-state index is 11.6. The number of aromatic nitrogens is 1. The van der Waals surface area contributed by atoms with Crippen molar-refractivity contribution in [1.29, 1.82) is 0 Å². The molecule has 0 unspecified atom stereocenters. The Morgan fingerprint density at radius 3 is 2.34 bits per heavy atom. The largest absolute Gasteiger partial charge is 0.440 e. The van der Waals surface area contributed by atoms with E-state index in [1.54, 1.807) is 6.07 Å². The third-order valence-electron chi connectivity index (χ3n) is 6.41. The monoisotopic (exact) mass is 422 g/mol. The van der Waals surface area contributed by atoms with Gasteiger partial charge in [0.15, 0.2) is 11.7 Å². The topological polar surface area (TPSA) is 69.1 Å². The zero-order chi connectivity index (χ0) is 21.9. The van der Waals surface area contributed by atoms with Crippen LogP contribution in [0.5, 0.6) is 0 Å². The Morgan fingerprint density at radius 2 is 1.62 bits per heavy atom. The van der Waals surface area contributed by atoms with Gasteiger partial charge in [-0.2, -0.15) is 0 Å². The zero-order valence-corrected chi connectivity index (χ0v) is 17.9. The van der Waals surface area contributed by atoms with Crippen LogP contribution in [0.2, 0.25) is 0 Å². The van der Waals surface area contributed by atoms with Crippen molar-refractivity contribution in [2.24, 2.45) is 11.7 Å². The molecule has 0 radical (unpaired) electrons. The Labute approximate surface area is 188 Å². The van der Waals surface area contributed by atoms with E-state index in [2.05, 4.69) is 30.3 Å². The van der Waals surface area contributed by atoms with Gasteiger partial charge in [0, 0.05) is 22.6 Å². The van der Waals surface area contributed by atoms with Gasteiger partial charge in [-0.05, 0) is 42.9 Å². The lowest BCUT2D eigenvalue weighted by Gasteiger charge is -2.17. The number of hydrogen-bond acceptors (Lipinski definition) is 3. The standard InChI is InChI=1S/C28H26N2O2/c29-27(31)23-15-7-9-19(18-23)17-22-14-8-16-24(22)28-30-25(20-10-3-1-4-11-20)26(32-28)21-12-5-2-6-13-21/h1-7,9-13,15,18,22,24H,8,14,16-17H2,(H2,29,31)/t22-,24+/m0/s1. The van der Waals surface area contributed by atoms with Gasteiger partial charge in [-0.15, -0.1) is 0 Å². The molecule has 1 aromatic heterocycles. The summed E-state index contributed by atoms with van der Waals surface area (Å²) in [5.41, 5.74) is 10.2. The summed E-state index contributed by atoms with van der Waals surface area (Å²) < 4.78 is 6.48. The van der Waals surface area contributed by atoms with E-state index in [0.29, 0.717) is 11.5 Å². The summed E-state index contributed by atoms with van der Waals surface area (Å²) in [6.45, 7) is 0. The SMILES string of the molecule is NC(=O)c1cccc(C[C@@H]2CCC[C@H]2c2nc(-c3ccccc3)c(-c3ccccc3)o2)c1. The second kappa shape index (κ2) is 8.83. The fourth-order valence-corrected chi connectivity index (χ4v) is 4.83. The minimum atomic E-state index is -0.387. The van der Waals surface area contributed by atoms with Crippen LogP contribution in [0.1, 0.15) is 47.0 Å². The van der Waals surface area contributed by atoms with Crippen LogP contribution in [0.3, 0.4) is 0 Å². The van der Waals surface area contributed by atoms with Crippen LogP contribution in [-0.2, 0) is 6.42 Å². The number of nitrogens with two attached hydrogens (primary N) is 1. The summed E-state index contributed by atoms with van der Waals surface area (Å²) in [5.74, 6) is 1.93. The number of primary amides is 1. The van der Waals surface area contributed by atoms with E-state index in [-0.39, 0.29) is 11.8 Å². The fourth-order valence-electron chi connectivity index (χ4n) is 4.83. The first kappa shape index (κ1) is 20.3. The summed E-state index contributed by atoms with van der Waals surface area (Å²) >= 11 is 0. The predicted octanol–water partition coefficient (Wildman–Crippen LogP) is 6.23. The molecule has 4 nitrogen and oxygen atoms in total. The molecular formula is C28H26N2O2. The van der Waals surface area contributed by atoms with Gasteiger partial charge in [0.05, 0.1) is 0 Å². The maximum Gasteiger partial charge on any atom is 0.248 e. The van der Waals surface area contributed by atoms with Crippen LogP contribution in [0.4, 0.5) is 0 Å². The van der Waals surface area contributed by atoms with Crippen molar-refractivity contribution in [2.75, 3.05) is 0 Å². The number of amides is 1. The molecule has 0 saturated heterocycles. The third-order valence-corrected chi connectivity index (χ3v) is 6.41. The lowest BCUT2D eigenvalue weighted by atomic mass is 9.89. The van der Waals surface area contributed by atoms with E-state index in [4.69, 9.17) is 15.1 Å². The number of carbonyl (C=O) groups excluding carboxylic acids is 1. The molecule has 1 fully saturated rings.